The first-order valence-electron chi connectivity index (χ1n) is 6.13. The van der Waals surface area contributed by atoms with Gasteiger partial charge in [-0.25, -0.2) is 8.78 Å². The normalized spacial score (nSPS) is 11.0. The lowest BCUT2D eigenvalue weighted by Crippen LogP contribution is -2.04. The number of nitrogens with zero attached hydrogens (tertiary/aromatic N) is 2. The fourth-order valence-corrected chi connectivity index (χ4v) is 2.42. The third kappa shape index (κ3) is 2.09. The van der Waals surface area contributed by atoms with Crippen LogP contribution in [0.1, 0.15) is 5.56 Å². The van der Waals surface area contributed by atoms with E-state index in [4.69, 9.17) is 17.0 Å². The average Bonchev–Trinajstić information content (AvgIpc) is 2.79. The highest BCUT2D eigenvalue weighted by atomic mass is 32.1. The van der Waals surface area contributed by atoms with Crippen molar-refractivity contribution in [3.8, 4) is 11.6 Å². The molecule has 0 aliphatic heterocycles. The van der Waals surface area contributed by atoms with Gasteiger partial charge in [0.2, 0.25) is 5.88 Å². The smallest absolute Gasteiger partial charge is 0.215 e. The zero-order valence-electron chi connectivity index (χ0n) is 11.3. The number of H-pyrrole nitrogens is 1. The molecule has 0 spiro atoms. The molecule has 1 aromatic carbocycles. The lowest BCUT2D eigenvalue weighted by Gasteiger charge is -2.09. The first-order valence-corrected chi connectivity index (χ1v) is 6.54. The highest BCUT2D eigenvalue weighted by molar-refractivity contribution is 7.71. The third-order valence-electron chi connectivity index (χ3n) is 3.20. The van der Waals surface area contributed by atoms with Gasteiger partial charge >= 0.3 is 0 Å². The van der Waals surface area contributed by atoms with Crippen molar-refractivity contribution in [3.05, 3.63) is 46.2 Å². The quantitative estimate of drug-likeness (QED) is 0.734. The lowest BCUT2D eigenvalue weighted by molar-refractivity contribution is 0.399. The van der Waals surface area contributed by atoms with Crippen LogP contribution < -0.4 is 4.74 Å². The number of fused-ring (bicyclic) bond motifs is 1. The van der Waals surface area contributed by atoms with Gasteiger partial charge in [-0.2, -0.15) is 4.98 Å². The summed E-state index contributed by atoms with van der Waals surface area (Å²) >= 11 is 5.17. The molecule has 0 bridgehead atoms. The van der Waals surface area contributed by atoms with Crippen LogP contribution >= 0.6 is 12.2 Å². The minimum atomic E-state index is -0.709. The number of aromatic amines is 1. The number of halogens is 2. The summed E-state index contributed by atoms with van der Waals surface area (Å²) in [5.74, 6) is -1.05. The van der Waals surface area contributed by atoms with Crippen molar-refractivity contribution in [2.45, 2.75) is 6.92 Å². The van der Waals surface area contributed by atoms with E-state index in [1.807, 2.05) is 0 Å². The van der Waals surface area contributed by atoms with E-state index in [1.54, 1.807) is 19.1 Å². The fourth-order valence-electron chi connectivity index (χ4n) is 2.13. The predicted octanol–water partition coefficient (Wildman–Crippen LogP) is 3.68. The Morgan fingerprint density at radius 3 is 2.71 bits per heavy atom. The number of methoxy groups -OCH3 is 1. The lowest BCUT2D eigenvalue weighted by atomic mass is 10.2. The van der Waals surface area contributed by atoms with Gasteiger partial charge in [-0.3, -0.25) is 4.57 Å². The molecule has 0 amide bonds. The predicted molar refractivity (Wildman–Crippen MR) is 77.5 cm³/mol. The van der Waals surface area contributed by atoms with Gasteiger partial charge in [0.15, 0.2) is 16.2 Å². The Balaban J connectivity index is 2.43. The number of pyridine rings is 1. The van der Waals surface area contributed by atoms with Crippen molar-refractivity contribution < 1.29 is 13.5 Å². The summed E-state index contributed by atoms with van der Waals surface area (Å²) in [6, 6.07) is 5.91. The van der Waals surface area contributed by atoms with Crippen LogP contribution in [0.3, 0.4) is 0 Å². The minimum absolute atomic E-state index is 0.161. The number of nitrogens with one attached hydrogen (secondary N) is 1. The first-order chi connectivity index (χ1) is 10.0. The molecular formula is C14H11F2N3OS. The third-order valence-corrected chi connectivity index (χ3v) is 3.48. The van der Waals surface area contributed by atoms with E-state index in [1.165, 1.54) is 23.8 Å². The van der Waals surface area contributed by atoms with Crippen molar-refractivity contribution >= 4 is 23.4 Å². The Hall–Kier alpha value is -2.28. The average molecular weight is 307 g/mol. The molecule has 7 heteroatoms. The van der Waals surface area contributed by atoms with Crippen LogP contribution in [-0.2, 0) is 0 Å². The molecule has 0 fully saturated rings. The summed E-state index contributed by atoms with van der Waals surface area (Å²) in [4.78, 5) is 7.09. The molecule has 0 unspecified atom stereocenters. The van der Waals surface area contributed by atoms with Gasteiger partial charge in [-0.15, -0.1) is 0 Å². The van der Waals surface area contributed by atoms with E-state index < -0.39 is 11.6 Å². The maximum absolute atomic E-state index is 14.3. The molecule has 0 saturated heterocycles. The van der Waals surface area contributed by atoms with Gasteiger partial charge in [-0.1, -0.05) is 6.07 Å². The molecule has 0 radical (unpaired) electrons. The maximum Gasteiger partial charge on any atom is 0.215 e. The fraction of sp³-hybridized carbons (Fsp3) is 0.143. The SMILES string of the molecule is COc1ccc2[nH]c(=S)n(-c3c(F)ccc(C)c3F)c2n1. The van der Waals surface area contributed by atoms with E-state index in [0.29, 0.717) is 22.6 Å². The molecule has 21 heavy (non-hydrogen) atoms. The van der Waals surface area contributed by atoms with Gasteiger partial charge < -0.3 is 9.72 Å². The Kier molecular flexibility index (Phi) is 3.21. The molecule has 4 nitrogen and oxygen atoms in total. The van der Waals surface area contributed by atoms with Gasteiger partial charge in [0.1, 0.15) is 11.5 Å². The van der Waals surface area contributed by atoms with Crippen LogP contribution in [0, 0.1) is 23.3 Å². The molecule has 2 heterocycles. The van der Waals surface area contributed by atoms with E-state index in [-0.39, 0.29) is 10.5 Å². The molecule has 0 aliphatic carbocycles. The first kappa shape index (κ1) is 13.7. The largest absolute Gasteiger partial charge is 0.481 e. The number of aryl methyl sites for hydroxylation is 1. The van der Waals surface area contributed by atoms with Gasteiger partial charge in [0, 0.05) is 6.07 Å². The topological polar surface area (TPSA) is 42.8 Å². The summed E-state index contributed by atoms with van der Waals surface area (Å²) in [7, 11) is 1.47. The Labute approximate surface area is 124 Å². The molecule has 3 aromatic rings. The molecule has 2 aromatic heterocycles. The van der Waals surface area contributed by atoms with Crippen LogP contribution in [-0.4, -0.2) is 21.6 Å². The second-order valence-corrected chi connectivity index (χ2v) is 4.90. The van der Waals surface area contributed by atoms with Crippen LogP contribution in [0.2, 0.25) is 0 Å². The monoisotopic (exact) mass is 307 g/mol. The van der Waals surface area contributed by atoms with Crippen LogP contribution in [0.5, 0.6) is 5.88 Å². The number of hydrogen-bond acceptors (Lipinski definition) is 3. The zero-order valence-corrected chi connectivity index (χ0v) is 12.1. The van der Waals surface area contributed by atoms with E-state index in [9.17, 15) is 8.78 Å². The van der Waals surface area contributed by atoms with Crippen LogP contribution in [0.15, 0.2) is 24.3 Å². The molecule has 0 aliphatic rings. The van der Waals surface area contributed by atoms with E-state index >= 15 is 0 Å². The Morgan fingerprint density at radius 1 is 1.24 bits per heavy atom. The number of hydrogen-bond donors (Lipinski definition) is 1. The van der Waals surface area contributed by atoms with Crippen molar-refractivity contribution in [1.82, 2.24) is 14.5 Å². The molecule has 108 valence electrons. The van der Waals surface area contributed by atoms with Gasteiger partial charge in [-0.05, 0) is 36.8 Å². The summed E-state index contributed by atoms with van der Waals surface area (Å²) in [6.45, 7) is 1.56. The van der Waals surface area contributed by atoms with E-state index in [2.05, 4.69) is 9.97 Å². The number of rotatable bonds is 2. The highest BCUT2D eigenvalue weighted by Gasteiger charge is 2.18. The number of aromatic nitrogens is 3. The summed E-state index contributed by atoms with van der Waals surface area (Å²) < 4.78 is 34.9. The van der Waals surface area contributed by atoms with Crippen molar-refractivity contribution in [1.29, 1.82) is 0 Å². The molecule has 3 rings (SSSR count). The number of ether oxygens (including phenoxy) is 1. The van der Waals surface area contributed by atoms with Gasteiger partial charge in [0.25, 0.3) is 0 Å². The summed E-state index contributed by atoms with van der Waals surface area (Å²) in [5, 5.41) is 0. The second kappa shape index (κ2) is 4.92. The molecular weight excluding hydrogens is 296 g/mol. The highest BCUT2D eigenvalue weighted by Crippen LogP contribution is 2.26. The standard InChI is InChI=1S/C14H11F2N3OS/c1-7-3-4-8(15)12(11(7)16)19-13-9(17-14(19)21)5-6-10(18-13)20-2/h3-6H,1-2H3,(H,17,21). The van der Waals surface area contributed by atoms with Crippen molar-refractivity contribution in [2.75, 3.05) is 7.11 Å². The zero-order chi connectivity index (χ0) is 15.1. The van der Waals surface area contributed by atoms with Crippen LogP contribution in [0.4, 0.5) is 8.78 Å². The Bertz CT molecular complexity index is 901. The Morgan fingerprint density at radius 2 is 2.00 bits per heavy atom. The van der Waals surface area contributed by atoms with Gasteiger partial charge in [0.05, 0.1) is 12.6 Å². The van der Waals surface area contributed by atoms with Crippen molar-refractivity contribution in [3.63, 3.8) is 0 Å². The maximum atomic E-state index is 14.3. The van der Waals surface area contributed by atoms with E-state index in [0.717, 1.165) is 0 Å². The molecule has 1 N–H and O–H groups in total. The minimum Gasteiger partial charge on any atom is -0.481 e. The summed E-state index contributed by atoms with van der Waals surface area (Å²) in [6.07, 6.45) is 0. The second-order valence-electron chi connectivity index (χ2n) is 4.52. The molecule has 0 atom stereocenters. The van der Waals surface area contributed by atoms with Crippen molar-refractivity contribution in [2.24, 2.45) is 0 Å². The number of benzene rings is 1. The summed E-state index contributed by atoms with van der Waals surface area (Å²) in [5.41, 5.74) is 0.960. The molecule has 0 saturated carbocycles. The number of imidazole rings is 1. The van der Waals surface area contributed by atoms with Crippen LogP contribution in [0.25, 0.3) is 16.9 Å².